The van der Waals surface area contributed by atoms with E-state index < -0.39 is 15.2 Å². The van der Waals surface area contributed by atoms with Crippen molar-refractivity contribution in [3.05, 3.63) is 77.4 Å². The highest BCUT2D eigenvalue weighted by atomic mass is 29.3. The van der Waals surface area contributed by atoms with Crippen LogP contribution in [-0.4, -0.2) is 15.2 Å². The summed E-state index contributed by atoms with van der Waals surface area (Å²) in [5.74, 6) is 0. The van der Waals surface area contributed by atoms with Crippen molar-refractivity contribution in [2.45, 2.75) is 64.5 Å². The summed E-state index contributed by atoms with van der Waals surface area (Å²) < 4.78 is 0. The van der Waals surface area contributed by atoms with Crippen molar-refractivity contribution in [1.29, 1.82) is 0 Å². The van der Waals surface area contributed by atoms with Gasteiger partial charge in [-0.2, -0.15) is 0 Å². The highest BCUT2D eigenvalue weighted by molar-refractivity contribution is 7.42. The van der Waals surface area contributed by atoms with Gasteiger partial charge in [0.2, 0.25) is 0 Å². The maximum Gasteiger partial charge on any atom is 0.0548 e. The van der Waals surface area contributed by atoms with E-state index >= 15 is 0 Å². The predicted molar refractivity (Wildman–Crippen MR) is 136 cm³/mol. The van der Waals surface area contributed by atoms with Crippen molar-refractivity contribution in [3.63, 3.8) is 0 Å². The van der Waals surface area contributed by atoms with Gasteiger partial charge in [0, 0.05) is 0 Å². The first-order valence-electron chi connectivity index (χ1n) is 11.1. The second-order valence-electron chi connectivity index (χ2n) is 11.4. The minimum absolute atomic E-state index is 0.359. The lowest BCUT2D eigenvalue weighted by Gasteiger charge is -2.45. The molecule has 2 atom stereocenters. The molecule has 4 rings (SSSR count). The van der Waals surface area contributed by atoms with Gasteiger partial charge in [0.25, 0.3) is 0 Å². The van der Waals surface area contributed by atoms with Gasteiger partial charge in [0.1, 0.15) is 0 Å². The topological polar surface area (TPSA) is 0 Å². The fraction of sp³-hybridized carbons (Fsp3) is 0.407. The van der Waals surface area contributed by atoms with Gasteiger partial charge < -0.3 is 0 Å². The molecule has 0 saturated heterocycles. The van der Waals surface area contributed by atoms with Gasteiger partial charge in [-0.3, -0.25) is 0 Å². The summed E-state index contributed by atoms with van der Waals surface area (Å²) in [4.78, 5) is 0. The molecule has 2 aliphatic rings. The van der Waals surface area contributed by atoms with Crippen LogP contribution in [0.3, 0.4) is 0 Å². The first-order valence-corrected chi connectivity index (χ1v) is 18.2. The number of hydrogen-bond acceptors (Lipinski definition) is 0. The molecule has 0 fully saturated rings. The molecule has 0 aromatic heterocycles. The molecule has 0 amide bonds. The van der Waals surface area contributed by atoms with E-state index in [0.717, 1.165) is 0 Å². The highest BCUT2D eigenvalue weighted by Gasteiger charge is 2.50. The maximum atomic E-state index is 2.67. The van der Waals surface area contributed by atoms with Crippen LogP contribution in [0.25, 0.3) is 16.8 Å². The fourth-order valence-electron chi connectivity index (χ4n) is 5.27. The van der Waals surface area contributed by atoms with Crippen LogP contribution in [0.15, 0.2) is 66.3 Å². The van der Waals surface area contributed by atoms with Gasteiger partial charge in [-0.25, -0.2) is 0 Å². The van der Waals surface area contributed by atoms with Gasteiger partial charge in [-0.05, 0) is 44.8 Å². The lowest BCUT2D eigenvalue weighted by Crippen LogP contribution is -2.60. The van der Waals surface area contributed by atoms with Crippen molar-refractivity contribution in [3.8, 4) is 0 Å². The van der Waals surface area contributed by atoms with E-state index in [1.54, 1.807) is 11.1 Å². The van der Waals surface area contributed by atoms with Crippen molar-refractivity contribution < 1.29 is 0 Å². The molecule has 29 heavy (non-hydrogen) atoms. The molecule has 0 bridgehead atoms. The van der Waals surface area contributed by atoms with Gasteiger partial charge >= 0.3 is 0 Å². The molecule has 0 saturated carbocycles. The molecule has 0 spiro atoms. The maximum absolute atomic E-state index is 2.67. The molecule has 2 unspecified atom stereocenters. The monoisotopic (exact) mass is 416 g/mol. The van der Waals surface area contributed by atoms with Crippen LogP contribution in [0.2, 0.25) is 31.7 Å². The van der Waals surface area contributed by atoms with Crippen molar-refractivity contribution >= 4 is 32.0 Å². The third kappa shape index (κ3) is 3.55. The smallest absolute Gasteiger partial charge is 0.0548 e. The quantitative estimate of drug-likeness (QED) is 0.440. The third-order valence-electron chi connectivity index (χ3n) is 7.71. The Labute approximate surface area is 179 Å². The summed E-state index contributed by atoms with van der Waals surface area (Å²) in [7, 11) is -3.03. The van der Waals surface area contributed by atoms with Crippen molar-refractivity contribution in [2.24, 2.45) is 5.41 Å². The van der Waals surface area contributed by atoms with Crippen LogP contribution in [-0.2, 0) is 0 Å². The summed E-state index contributed by atoms with van der Waals surface area (Å²) in [6.45, 7) is 17.7. The average Bonchev–Trinajstić information content (AvgIpc) is 3.27. The van der Waals surface area contributed by atoms with Gasteiger partial charge in [-0.15, -0.1) is 0 Å². The third-order valence-corrected chi connectivity index (χ3v) is 27.0. The summed E-state index contributed by atoms with van der Waals surface area (Å²) in [6.07, 6.45) is 13.8. The Morgan fingerprint density at radius 3 is 2.28 bits per heavy atom. The molecule has 152 valence electrons. The van der Waals surface area contributed by atoms with E-state index in [2.05, 4.69) is 114 Å². The average molecular weight is 417 g/mol. The molecule has 2 heteroatoms. The zero-order valence-corrected chi connectivity index (χ0v) is 21.2. The lowest BCUT2D eigenvalue weighted by atomic mass is 9.88. The minimum Gasteiger partial charge on any atom is -0.0803 e. The van der Waals surface area contributed by atoms with E-state index in [1.807, 2.05) is 0 Å². The second-order valence-corrected chi connectivity index (χ2v) is 27.3. The first kappa shape index (κ1) is 20.6. The molecule has 0 aliphatic heterocycles. The first-order chi connectivity index (χ1) is 13.5. The molecule has 0 nitrogen and oxygen atoms in total. The van der Waals surface area contributed by atoms with Crippen LogP contribution >= 0.6 is 0 Å². The Morgan fingerprint density at radius 1 is 0.828 bits per heavy atom. The number of hydrogen-bond donors (Lipinski definition) is 0. The largest absolute Gasteiger partial charge is 0.0803 e. The van der Waals surface area contributed by atoms with Crippen LogP contribution in [0, 0.1) is 5.41 Å². The lowest BCUT2D eigenvalue weighted by molar-refractivity contribution is 0.413. The predicted octanol–water partition coefficient (Wildman–Crippen LogP) is 8.29. The number of rotatable bonds is 4. The van der Waals surface area contributed by atoms with Crippen LogP contribution < -0.4 is 0 Å². The molecule has 2 aromatic rings. The fourth-order valence-corrected chi connectivity index (χ4v) is 16.0. The Kier molecular flexibility index (Phi) is 4.95. The van der Waals surface area contributed by atoms with E-state index in [1.165, 1.54) is 22.8 Å². The summed E-state index contributed by atoms with van der Waals surface area (Å²) >= 11 is 0. The van der Waals surface area contributed by atoms with Gasteiger partial charge in [-0.1, -0.05) is 119 Å². The molecular formula is C27H36Si2. The van der Waals surface area contributed by atoms with E-state index in [0.29, 0.717) is 16.5 Å². The standard InChI is InChI=1S/C27H36Si2/c1-27(2,3)19-20-12-14-22(18-20)28(4,5)29(6,7)26-17-16-24-23-11-9-8-10-21(23)13-15-25(24)26/h8-18,22,26H,19H2,1-7H3. The van der Waals surface area contributed by atoms with Crippen molar-refractivity contribution in [1.82, 2.24) is 0 Å². The van der Waals surface area contributed by atoms with Crippen LogP contribution in [0.1, 0.15) is 43.9 Å². The molecule has 0 radical (unpaired) electrons. The number of allylic oxidation sites excluding steroid dienone is 5. The SMILES string of the molecule is CC(C)(C)CC1=CC([Si](C)(C)[Si](C)(C)C2C=Cc3c2ccc2ccccc32)C=C1. The van der Waals surface area contributed by atoms with Gasteiger partial charge in [0.15, 0.2) is 0 Å². The molecular weight excluding hydrogens is 380 g/mol. The van der Waals surface area contributed by atoms with E-state index in [-0.39, 0.29) is 0 Å². The molecule has 2 aliphatic carbocycles. The number of benzene rings is 2. The zero-order valence-electron chi connectivity index (χ0n) is 19.2. The summed E-state index contributed by atoms with van der Waals surface area (Å²) in [5, 5.41) is 2.78. The Bertz CT molecular complexity index is 1030. The summed E-state index contributed by atoms with van der Waals surface area (Å²) in [6, 6.07) is 13.6. The highest BCUT2D eigenvalue weighted by Crippen LogP contribution is 2.48. The van der Waals surface area contributed by atoms with Crippen LogP contribution in [0.4, 0.5) is 0 Å². The minimum atomic E-state index is -1.53. The second kappa shape index (κ2) is 6.95. The van der Waals surface area contributed by atoms with E-state index in [4.69, 9.17) is 0 Å². The zero-order chi connectivity index (χ0) is 21.0. The number of fused-ring (bicyclic) bond motifs is 3. The van der Waals surface area contributed by atoms with Crippen molar-refractivity contribution in [2.75, 3.05) is 0 Å². The summed E-state index contributed by atoms with van der Waals surface area (Å²) in [5.41, 5.74) is 6.29. The van der Waals surface area contributed by atoms with Gasteiger partial charge in [0.05, 0.1) is 15.2 Å². The Hall–Kier alpha value is -1.65. The Morgan fingerprint density at radius 2 is 1.55 bits per heavy atom. The normalized spacial score (nSPS) is 21.7. The molecule has 0 heterocycles. The molecule has 0 N–H and O–H groups in total. The Balaban J connectivity index is 1.67. The van der Waals surface area contributed by atoms with E-state index in [9.17, 15) is 0 Å². The van der Waals surface area contributed by atoms with Crippen LogP contribution in [0.5, 0.6) is 0 Å². The molecule has 2 aromatic carbocycles.